The predicted octanol–water partition coefficient (Wildman–Crippen LogP) is 4.38. The van der Waals surface area contributed by atoms with Crippen LogP contribution >= 0.6 is 24.8 Å². The molecule has 1 aliphatic rings. The fourth-order valence-electron chi connectivity index (χ4n) is 3.96. The van der Waals surface area contributed by atoms with Gasteiger partial charge in [0.1, 0.15) is 6.04 Å². The molecule has 3 N–H and O–H groups in total. The molecule has 6 heteroatoms. The van der Waals surface area contributed by atoms with Crippen LogP contribution in [0, 0.1) is 5.92 Å². The molecule has 1 heterocycles. The minimum Gasteiger partial charge on any atom is -0.354 e. The average molecular weight is 452 g/mol. The first-order chi connectivity index (χ1) is 13.7. The summed E-state index contributed by atoms with van der Waals surface area (Å²) in [5.74, 6) is 0.727. The zero-order valence-electron chi connectivity index (χ0n) is 17.5. The highest BCUT2D eigenvalue weighted by molar-refractivity contribution is 5.85. The van der Waals surface area contributed by atoms with Gasteiger partial charge in [0.2, 0.25) is 5.91 Å². The van der Waals surface area contributed by atoms with Crippen LogP contribution in [-0.4, -0.2) is 37.0 Å². The van der Waals surface area contributed by atoms with Gasteiger partial charge in [-0.05, 0) is 68.8 Å². The number of hydrogen-bond donors (Lipinski definition) is 2. The molecule has 1 amide bonds. The summed E-state index contributed by atoms with van der Waals surface area (Å²) >= 11 is 0. The molecule has 1 unspecified atom stereocenters. The number of nitrogens with one attached hydrogen (secondary N) is 1. The maximum atomic E-state index is 12.1. The predicted molar refractivity (Wildman–Crippen MR) is 129 cm³/mol. The third-order valence-electron chi connectivity index (χ3n) is 5.72. The minimum atomic E-state index is -0.579. The Balaban J connectivity index is 0.00000225. The molecule has 2 aromatic rings. The van der Waals surface area contributed by atoms with Crippen molar-refractivity contribution in [3.05, 3.63) is 71.8 Å². The molecular weight excluding hydrogens is 417 g/mol. The van der Waals surface area contributed by atoms with Crippen molar-refractivity contribution >= 4 is 30.7 Å². The largest absolute Gasteiger partial charge is 0.354 e. The van der Waals surface area contributed by atoms with Gasteiger partial charge in [0, 0.05) is 6.54 Å². The van der Waals surface area contributed by atoms with E-state index in [1.807, 2.05) is 30.3 Å². The van der Waals surface area contributed by atoms with E-state index in [-0.39, 0.29) is 30.7 Å². The molecule has 30 heavy (non-hydrogen) atoms. The smallest absolute Gasteiger partial charge is 0.241 e. The standard InChI is InChI=1S/C24H33N3O.2ClH/c25-23(22-11-5-2-6-12-22)24(28)26-15-7-8-16-27-17-13-21(14-18-27)19-20-9-3-1-4-10-20;;/h1-6,9-12,21,23H,7-8,13-19,25H2,(H,26,28);2*1H. The number of amides is 1. The van der Waals surface area contributed by atoms with Gasteiger partial charge in [-0.15, -0.1) is 24.8 Å². The van der Waals surface area contributed by atoms with Crippen molar-refractivity contribution in [1.82, 2.24) is 10.2 Å². The molecule has 0 aliphatic carbocycles. The van der Waals surface area contributed by atoms with Crippen molar-refractivity contribution in [2.24, 2.45) is 11.7 Å². The van der Waals surface area contributed by atoms with E-state index in [1.165, 1.54) is 37.9 Å². The second kappa shape index (κ2) is 14.4. The molecule has 0 saturated carbocycles. The molecule has 1 aliphatic heterocycles. The Hall–Kier alpha value is -1.59. The third kappa shape index (κ3) is 8.65. The Morgan fingerprint density at radius 1 is 0.967 bits per heavy atom. The number of benzene rings is 2. The number of nitrogens with two attached hydrogens (primary N) is 1. The highest BCUT2D eigenvalue weighted by Crippen LogP contribution is 2.21. The van der Waals surface area contributed by atoms with Gasteiger partial charge >= 0.3 is 0 Å². The first-order valence-electron chi connectivity index (χ1n) is 10.6. The highest BCUT2D eigenvalue weighted by atomic mass is 35.5. The number of halogens is 2. The van der Waals surface area contributed by atoms with Crippen molar-refractivity contribution in [1.29, 1.82) is 0 Å². The molecule has 3 rings (SSSR count). The summed E-state index contributed by atoms with van der Waals surface area (Å²) in [5.41, 5.74) is 8.34. The topological polar surface area (TPSA) is 58.4 Å². The molecule has 4 nitrogen and oxygen atoms in total. The first kappa shape index (κ1) is 26.4. The van der Waals surface area contributed by atoms with Crippen LogP contribution < -0.4 is 11.1 Å². The summed E-state index contributed by atoms with van der Waals surface area (Å²) < 4.78 is 0. The van der Waals surface area contributed by atoms with Crippen LogP contribution in [0.25, 0.3) is 0 Å². The second-order valence-electron chi connectivity index (χ2n) is 7.86. The third-order valence-corrected chi connectivity index (χ3v) is 5.72. The number of unbranched alkanes of at least 4 members (excludes halogenated alkanes) is 1. The van der Waals surface area contributed by atoms with E-state index in [1.54, 1.807) is 0 Å². The Morgan fingerprint density at radius 3 is 2.20 bits per heavy atom. The fraction of sp³-hybridized carbons (Fsp3) is 0.458. The van der Waals surface area contributed by atoms with Gasteiger partial charge in [-0.25, -0.2) is 0 Å². The monoisotopic (exact) mass is 451 g/mol. The average Bonchev–Trinajstić information content (AvgIpc) is 2.75. The van der Waals surface area contributed by atoms with Crippen LogP contribution in [0.3, 0.4) is 0 Å². The van der Waals surface area contributed by atoms with Crippen molar-refractivity contribution in [2.75, 3.05) is 26.2 Å². The zero-order valence-corrected chi connectivity index (χ0v) is 19.2. The van der Waals surface area contributed by atoms with E-state index in [0.29, 0.717) is 6.54 Å². The van der Waals surface area contributed by atoms with E-state index in [4.69, 9.17) is 5.73 Å². The Labute approximate surface area is 193 Å². The maximum Gasteiger partial charge on any atom is 0.241 e. The summed E-state index contributed by atoms with van der Waals surface area (Å²) in [7, 11) is 0. The van der Waals surface area contributed by atoms with Gasteiger partial charge < -0.3 is 16.0 Å². The van der Waals surface area contributed by atoms with Crippen LogP contribution in [0.5, 0.6) is 0 Å². The van der Waals surface area contributed by atoms with Crippen LogP contribution in [0.15, 0.2) is 60.7 Å². The second-order valence-corrected chi connectivity index (χ2v) is 7.86. The number of piperidine rings is 1. The Bertz CT molecular complexity index is 707. The summed E-state index contributed by atoms with van der Waals surface area (Å²) in [6.07, 6.45) is 5.90. The molecule has 166 valence electrons. The lowest BCUT2D eigenvalue weighted by Gasteiger charge is -2.32. The highest BCUT2D eigenvalue weighted by Gasteiger charge is 2.19. The molecule has 0 aromatic heterocycles. The quantitative estimate of drug-likeness (QED) is 0.555. The summed E-state index contributed by atoms with van der Waals surface area (Å²) in [6.45, 7) is 4.22. The number of carbonyl (C=O) groups is 1. The van der Waals surface area contributed by atoms with Crippen LogP contribution in [0.2, 0.25) is 0 Å². The SMILES string of the molecule is Cl.Cl.NC(C(=O)NCCCCN1CCC(Cc2ccccc2)CC1)c1ccccc1. The lowest BCUT2D eigenvalue weighted by atomic mass is 9.90. The Kier molecular flexibility index (Phi) is 12.7. The molecule has 2 aromatic carbocycles. The van der Waals surface area contributed by atoms with E-state index in [2.05, 4.69) is 40.5 Å². The van der Waals surface area contributed by atoms with Crippen LogP contribution in [0.4, 0.5) is 0 Å². The van der Waals surface area contributed by atoms with Crippen LogP contribution in [-0.2, 0) is 11.2 Å². The van der Waals surface area contributed by atoms with E-state index < -0.39 is 6.04 Å². The molecular formula is C24H35Cl2N3O. The molecule has 1 fully saturated rings. The fourth-order valence-corrected chi connectivity index (χ4v) is 3.96. The number of likely N-dealkylation sites (tertiary alicyclic amines) is 1. The number of carbonyl (C=O) groups excluding carboxylic acids is 1. The lowest BCUT2D eigenvalue weighted by molar-refractivity contribution is -0.122. The lowest BCUT2D eigenvalue weighted by Crippen LogP contribution is -2.36. The van der Waals surface area contributed by atoms with E-state index in [9.17, 15) is 4.79 Å². The number of hydrogen-bond acceptors (Lipinski definition) is 3. The van der Waals surface area contributed by atoms with E-state index in [0.717, 1.165) is 30.9 Å². The van der Waals surface area contributed by atoms with Gasteiger partial charge in [-0.2, -0.15) is 0 Å². The molecule has 1 atom stereocenters. The van der Waals surface area contributed by atoms with Gasteiger partial charge in [0.05, 0.1) is 0 Å². The number of rotatable bonds is 9. The summed E-state index contributed by atoms with van der Waals surface area (Å²) in [4.78, 5) is 14.7. The summed E-state index contributed by atoms with van der Waals surface area (Å²) in [5, 5.41) is 2.97. The van der Waals surface area contributed by atoms with Crippen molar-refractivity contribution in [3.8, 4) is 0 Å². The molecule has 1 saturated heterocycles. The van der Waals surface area contributed by atoms with E-state index >= 15 is 0 Å². The zero-order chi connectivity index (χ0) is 19.6. The van der Waals surface area contributed by atoms with Gasteiger partial charge in [-0.3, -0.25) is 4.79 Å². The molecule has 0 radical (unpaired) electrons. The normalized spacial score (nSPS) is 15.5. The van der Waals surface area contributed by atoms with Crippen molar-refractivity contribution in [2.45, 2.75) is 38.1 Å². The van der Waals surface area contributed by atoms with Gasteiger partial charge in [-0.1, -0.05) is 60.7 Å². The van der Waals surface area contributed by atoms with Crippen LogP contribution in [0.1, 0.15) is 42.9 Å². The minimum absolute atomic E-state index is 0. The maximum absolute atomic E-state index is 12.1. The van der Waals surface area contributed by atoms with Gasteiger partial charge in [0.25, 0.3) is 0 Å². The van der Waals surface area contributed by atoms with Crippen molar-refractivity contribution in [3.63, 3.8) is 0 Å². The number of nitrogens with zero attached hydrogens (tertiary/aromatic N) is 1. The first-order valence-corrected chi connectivity index (χ1v) is 10.6. The van der Waals surface area contributed by atoms with Gasteiger partial charge in [0.15, 0.2) is 0 Å². The Morgan fingerprint density at radius 2 is 1.57 bits per heavy atom. The summed E-state index contributed by atoms with van der Waals surface area (Å²) in [6, 6.07) is 19.8. The van der Waals surface area contributed by atoms with Crippen molar-refractivity contribution < 1.29 is 4.79 Å². The molecule has 0 spiro atoms. The molecule has 0 bridgehead atoms.